The minimum absolute atomic E-state index is 0.0378. The second kappa shape index (κ2) is 12.2. The van der Waals surface area contributed by atoms with Crippen molar-refractivity contribution in [2.75, 3.05) is 13.7 Å². The molecule has 3 N–H and O–H groups in total. The number of methoxy groups -OCH3 is 1. The van der Waals surface area contributed by atoms with Gasteiger partial charge in [-0.15, -0.1) is 0 Å². The molecule has 14 heteroatoms. The first kappa shape index (κ1) is 28.4. The summed E-state index contributed by atoms with van der Waals surface area (Å²) in [5.74, 6) is -5.69. The molecule has 0 bridgehead atoms. The Labute approximate surface area is 211 Å². The maximum Gasteiger partial charge on any atom is 0.552 e. The van der Waals surface area contributed by atoms with Crippen molar-refractivity contribution in [2.24, 2.45) is 5.92 Å². The Hall–Kier alpha value is -2.83. The minimum atomic E-state index is -2.22. The lowest BCUT2D eigenvalue weighted by Gasteiger charge is -2.38. The van der Waals surface area contributed by atoms with Gasteiger partial charge in [0, 0.05) is 5.02 Å². The van der Waals surface area contributed by atoms with Gasteiger partial charge in [-0.25, -0.2) is 4.79 Å². The molecule has 0 spiro atoms. The summed E-state index contributed by atoms with van der Waals surface area (Å²) in [4.78, 5) is 61.0. The summed E-state index contributed by atoms with van der Waals surface area (Å²) in [5, 5.41) is 15.1. The van der Waals surface area contributed by atoms with Crippen LogP contribution < -0.4 is 10.6 Å². The number of ether oxygens (including phenoxy) is 1. The number of aliphatic carboxylic acids is 1. The Morgan fingerprint density at radius 3 is 2.54 bits per heavy atom. The average Bonchev–Trinajstić information content (AvgIpc) is 2.77. The number of carbonyl (C=O) groups is 5. The van der Waals surface area contributed by atoms with Crippen molar-refractivity contribution in [3.8, 4) is 0 Å². The van der Waals surface area contributed by atoms with Crippen molar-refractivity contribution in [2.45, 2.75) is 44.7 Å². The molecule has 11 nitrogen and oxygen atoms in total. The minimum Gasteiger partial charge on any atom is -0.508 e. The molecule has 2 rings (SSSR count). The van der Waals surface area contributed by atoms with Crippen molar-refractivity contribution >= 4 is 60.0 Å². The van der Waals surface area contributed by atoms with Crippen molar-refractivity contribution in [1.82, 2.24) is 10.6 Å². The Balaban J connectivity index is 2.15. The fourth-order valence-corrected chi connectivity index (χ4v) is 3.77. The molecule has 1 aromatic rings. The molecule has 2 atom stereocenters. The van der Waals surface area contributed by atoms with Gasteiger partial charge >= 0.3 is 19.1 Å². The second-order valence-corrected chi connectivity index (χ2v) is 9.16. The summed E-state index contributed by atoms with van der Waals surface area (Å²) >= 11 is 11.9. The molecule has 0 aromatic heterocycles. The fraction of sp³-hybridized carbons (Fsp3) is 0.476. The molecule has 190 valence electrons. The molecule has 0 unspecified atom stereocenters. The summed E-state index contributed by atoms with van der Waals surface area (Å²) in [6.07, 6.45) is -1.22. The molecule has 1 heterocycles. The van der Waals surface area contributed by atoms with Crippen LogP contribution in [0.4, 0.5) is 0 Å². The fourth-order valence-electron chi connectivity index (χ4n) is 3.40. The number of esters is 1. The number of halogens is 2. The Morgan fingerprint density at radius 1 is 1.26 bits per heavy atom. The van der Waals surface area contributed by atoms with Gasteiger partial charge in [-0.1, -0.05) is 37.0 Å². The highest BCUT2D eigenvalue weighted by atomic mass is 35.5. The number of hydrogen-bond acceptors (Lipinski definition) is 8. The number of benzene rings is 1. The number of amides is 2. The summed E-state index contributed by atoms with van der Waals surface area (Å²) in [6.45, 7) is 3.18. The number of carboxylic acid groups (broad SMARTS) is 1. The van der Waals surface area contributed by atoms with Crippen LogP contribution in [0.5, 0.6) is 0 Å². The molecule has 0 aliphatic carbocycles. The molecule has 1 aliphatic rings. The maximum absolute atomic E-state index is 12.6. The van der Waals surface area contributed by atoms with Gasteiger partial charge in [0.2, 0.25) is 5.91 Å². The van der Waals surface area contributed by atoms with Gasteiger partial charge in [-0.05, 0) is 30.5 Å². The summed E-state index contributed by atoms with van der Waals surface area (Å²) in [5.41, 5.74) is -2.14. The van der Waals surface area contributed by atoms with E-state index in [-0.39, 0.29) is 27.9 Å². The third-order valence-electron chi connectivity index (χ3n) is 5.05. The molecule has 0 saturated carbocycles. The van der Waals surface area contributed by atoms with Crippen LogP contribution in [0.25, 0.3) is 0 Å². The summed E-state index contributed by atoms with van der Waals surface area (Å²) in [7, 11) is -0.426. The van der Waals surface area contributed by atoms with Crippen molar-refractivity contribution in [3.63, 3.8) is 0 Å². The molecule has 1 aromatic carbocycles. The van der Waals surface area contributed by atoms with Gasteiger partial charge in [0.15, 0.2) is 5.60 Å². The third kappa shape index (κ3) is 7.84. The van der Waals surface area contributed by atoms with Crippen LogP contribution in [-0.4, -0.2) is 67.1 Å². The molecule has 0 radical (unpaired) electrons. The van der Waals surface area contributed by atoms with E-state index in [9.17, 15) is 29.1 Å². The van der Waals surface area contributed by atoms with E-state index >= 15 is 0 Å². The van der Waals surface area contributed by atoms with E-state index in [4.69, 9.17) is 32.5 Å². The van der Waals surface area contributed by atoms with Gasteiger partial charge in [0.25, 0.3) is 11.9 Å². The standard InChI is InChI=1S/C21H25BCl2N2O9/c1-11(2)6-15(22-34-18(29)9-21(35-22,20(31)32)8-17(28)33-3)26-16(27)10-25-19(30)13-7-12(23)4-5-14(13)24/h4-5,7,11,15H,6,8-10H2,1-3H3,(H,25,30)(H,26,27)(H,31,32)/t15-,21+/m0/s1. The molecule has 35 heavy (non-hydrogen) atoms. The normalized spacial score (nSPS) is 18.5. The second-order valence-electron chi connectivity index (χ2n) is 8.32. The lowest BCUT2D eigenvalue weighted by Crippen LogP contribution is -2.61. The van der Waals surface area contributed by atoms with Crippen molar-refractivity contribution in [3.05, 3.63) is 33.8 Å². The average molecular weight is 531 g/mol. The van der Waals surface area contributed by atoms with Gasteiger partial charge in [0.05, 0.1) is 43.0 Å². The number of carboxylic acids is 1. The van der Waals surface area contributed by atoms with Crippen molar-refractivity contribution < 1.29 is 43.1 Å². The summed E-state index contributed by atoms with van der Waals surface area (Å²) < 4.78 is 15.3. The first-order valence-corrected chi connectivity index (χ1v) is 11.3. The predicted octanol–water partition coefficient (Wildman–Crippen LogP) is 1.63. The van der Waals surface area contributed by atoms with Crippen molar-refractivity contribution in [1.29, 1.82) is 0 Å². The highest BCUT2D eigenvalue weighted by Gasteiger charge is 2.54. The first-order chi connectivity index (χ1) is 16.4. The van der Waals surface area contributed by atoms with Crippen LogP contribution in [0.15, 0.2) is 18.2 Å². The molecular formula is C21H25BCl2N2O9. The van der Waals surface area contributed by atoms with Gasteiger partial charge in [-0.3, -0.25) is 19.2 Å². The van der Waals surface area contributed by atoms with Gasteiger partial charge in [0.1, 0.15) is 0 Å². The molecule has 1 fully saturated rings. The van der Waals surface area contributed by atoms with Crippen LogP contribution in [0, 0.1) is 5.92 Å². The zero-order valence-electron chi connectivity index (χ0n) is 19.3. The highest BCUT2D eigenvalue weighted by Crippen LogP contribution is 2.30. The van der Waals surface area contributed by atoms with E-state index in [1.807, 2.05) is 13.8 Å². The predicted molar refractivity (Wildman–Crippen MR) is 125 cm³/mol. The van der Waals surface area contributed by atoms with Crippen LogP contribution in [0.3, 0.4) is 0 Å². The molecule has 1 aliphatic heterocycles. The Morgan fingerprint density at radius 2 is 1.94 bits per heavy atom. The Bertz CT molecular complexity index is 1010. The van der Waals surface area contributed by atoms with Crippen LogP contribution in [0.1, 0.15) is 43.5 Å². The van der Waals surface area contributed by atoms with Crippen LogP contribution in [0.2, 0.25) is 10.0 Å². The van der Waals surface area contributed by atoms with E-state index in [0.29, 0.717) is 0 Å². The number of carbonyl (C=O) groups excluding carboxylic acids is 4. The largest absolute Gasteiger partial charge is 0.552 e. The zero-order chi connectivity index (χ0) is 26.3. The molecular weight excluding hydrogens is 506 g/mol. The lowest BCUT2D eigenvalue weighted by molar-refractivity contribution is -0.175. The number of rotatable bonds is 10. The first-order valence-electron chi connectivity index (χ1n) is 10.6. The lowest BCUT2D eigenvalue weighted by atomic mass is 9.70. The topological polar surface area (TPSA) is 157 Å². The smallest absolute Gasteiger partial charge is 0.508 e. The molecule has 1 saturated heterocycles. The Kier molecular flexibility index (Phi) is 9.93. The van der Waals surface area contributed by atoms with E-state index in [0.717, 1.165) is 7.11 Å². The van der Waals surface area contributed by atoms with Gasteiger partial charge < -0.3 is 29.8 Å². The highest BCUT2D eigenvalue weighted by molar-refractivity contribution is 6.50. The number of nitrogens with one attached hydrogen (secondary N) is 2. The van der Waals surface area contributed by atoms with E-state index < -0.39 is 67.8 Å². The van der Waals surface area contributed by atoms with E-state index in [2.05, 4.69) is 15.4 Å². The van der Waals surface area contributed by atoms with E-state index in [1.54, 1.807) is 0 Å². The van der Waals surface area contributed by atoms with Gasteiger partial charge in [-0.2, -0.15) is 0 Å². The monoisotopic (exact) mass is 530 g/mol. The summed E-state index contributed by atoms with van der Waals surface area (Å²) in [6, 6.07) is 4.29. The number of hydrogen-bond donors (Lipinski definition) is 3. The van der Waals surface area contributed by atoms with Crippen LogP contribution >= 0.6 is 23.2 Å². The zero-order valence-corrected chi connectivity index (χ0v) is 20.8. The van der Waals surface area contributed by atoms with E-state index in [1.165, 1.54) is 18.2 Å². The molecule has 2 amide bonds. The third-order valence-corrected chi connectivity index (χ3v) is 5.61. The van der Waals surface area contributed by atoms with Crippen LogP contribution in [-0.2, 0) is 33.2 Å². The SMILES string of the molecule is COC(=O)C[C@]1(C(=O)O)CC(=O)OB([C@H](CC(C)C)NC(=O)CNC(=O)c2cc(Cl)ccc2Cl)O1. The quantitative estimate of drug-likeness (QED) is 0.302. The maximum atomic E-state index is 12.6.